The average Bonchev–Trinajstić information content (AvgIpc) is 2.15. The molecule has 74 valence electrons. The Balaban J connectivity index is 2.00. The third kappa shape index (κ3) is 4.33. The highest BCUT2D eigenvalue weighted by Gasteiger charge is 2.17. The maximum atomic E-state index is 5.51. The molecule has 0 unspecified atom stereocenters. The van der Waals surface area contributed by atoms with Crippen LogP contribution >= 0.6 is 0 Å². The van der Waals surface area contributed by atoms with Gasteiger partial charge in [0.25, 0.3) is 0 Å². The Morgan fingerprint density at radius 2 is 2.00 bits per heavy atom. The molecular formula is C12H20O. The molecule has 0 saturated heterocycles. The van der Waals surface area contributed by atoms with E-state index < -0.39 is 0 Å². The van der Waals surface area contributed by atoms with E-state index in [4.69, 9.17) is 11.2 Å². The molecule has 0 aromatic carbocycles. The van der Waals surface area contributed by atoms with Gasteiger partial charge in [-0.05, 0) is 24.7 Å². The molecule has 1 aliphatic carbocycles. The Hall–Kier alpha value is -0.480. The predicted molar refractivity (Wildman–Crippen MR) is 55.4 cm³/mol. The Morgan fingerprint density at radius 1 is 1.31 bits per heavy atom. The molecular weight excluding hydrogens is 160 g/mol. The Morgan fingerprint density at radius 3 is 2.62 bits per heavy atom. The predicted octanol–water partition coefficient (Wildman–Crippen LogP) is 2.85. The first-order valence-corrected chi connectivity index (χ1v) is 5.34. The minimum atomic E-state index is 0.739. The zero-order valence-corrected chi connectivity index (χ0v) is 8.59. The number of ether oxygens (including phenoxy) is 1. The molecule has 0 aromatic heterocycles. The quantitative estimate of drug-likeness (QED) is 0.477. The van der Waals surface area contributed by atoms with Crippen LogP contribution in [0.3, 0.4) is 0 Å². The second-order valence-corrected chi connectivity index (χ2v) is 4.15. The fourth-order valence-electron chi connectivity index (χ4n) is 1.88. The monoisotopic (exact) mass is 180 g/mol. The van der Waals surface area contributed by atoms with Crippen molar-refractivity contribution in [2.75, 3.05) is 13.2 Å². The van der Waals surface area contributed by atoms with Crippen LogP contribution < -0.4 is 0 Å². The van der Waals surface area contributed by atoms with Gasteiger partial charge < -0.3 is 4.74 Å². The van der Waals surface area contributed by atoms with Gasteiger partial charge in [0.05, 0.1) is 6.61 Å². The van der Waals surface area contributed by atoms with Crippen LogP contribution in [0.5, 0.6) is 0 Å². The van der Waals surface area contributed by atoms with Crippen molar-refractivity contribution in [1.82, 2.24) is 0 Å². The Kier molecular flexibility index (Phi) is 4.93. The van der Waals surface area contributed by atoms with E-state index in [0.717, 1.165) is 31.5 Å². The van der Waals surface area contributed by atoms with Crippen molar-refractivity contribution in [1.29, 1.82) is 0 Å². The first-order valence-electron chi connectivity index (χ1n) is 5.34. The number of rotatable bonds is 4. The third-order valence-electron chi connectivity index (χ3n) is 2.88. The van der Waals surface area contributed by atoms with Crippen LogP contribution in [0.15, 0.2) is 0 Å². The van der Waals surface area contributed by atoms with Crippen LogP contribution in [0, 0.1) is 24.2 Å². The minimum Gasteiger partial charge on any atom is -0.380 e. The van der Waals surface area contributed by atoms with Crippen LogP contribution in [0.4, 0.5) is 0 Å². The van der Waals surface area contributed by atoms with E-state index in [0.29, 0.717) is 0 Å². The van der Waals surface area contributed by atoms with Gasteiger partial charge in [-0.15, -0.1) is 12.3 Å². The maximum Gasteiger partial charge on any atom is 0.0575 e. The maximum absolute atomic E-state index is 5.51. The number of hydrogen-bond acceptors (Lipinski definition) is 1. The molecule has 0 atom stereocenters. The van der Waals surface area contributed by atoms with Crippen molar-refractivity contribution in [3.05, 3.63) is 0 Å². The normalized spacial score (nSPS) is 28.3. The molecule has 1 rings (SSSR count). The third-order valence-corrected chi connectivity index (χ3v) is 2.88. The van der Waals surface area contributed by atoms with E-state index in [9.17, 15) is 0 Å². The summed E-state index contributed by atoms with van der Waals surface area (Å²) in [5.74, 6) is 4.32. The SMILES string of the molecule is C#CCCOCC1CCC(C)CC1. The first-order chi connectivity index (χ1) is 6.33. The largest absolute Gasteiger partial charge is 0.380 e. The van der Waals surface area contributed by atoms with E-state index in [1.807, 2.05) is 0 Å². The molecule has 1 nitrogen and oxygen atoms in total. The number of terminal acetylenes is 1. The van der Waals surface area contributed by atoms with Gasteiger partial charge in [-0.25, -0.2) is 0 Å². The highest BCUT2D eigenvalue weighted by atomic mass is 16.5. The van der Waals surface area contributed by atoms with Gasteiger partial charge in [-0.2, -0.15) is 0 Å². The molecule has 1 aliphatic rings. The summed E-state index contributed by atoms with van der Waals surface area (Å²) in [7, 11) is 0. The zero-order valence-electron chi connectivity index (χ0n) is 8.59. The highest BCUT2D eigenvalue weighted by molar-refractivity contribution is 4.82. The second kappa shape index (κ2) is 6.05. The van der Waals surface area contributed by atoms with Gasteiger partial charge in [0.1, 0.15) is 0 Å². The molecule has 1 fully saturated rings. The summed E-state index contributed by atoms with van der Waals surface area (Å²) in [6.45, 7) is 4.01. The van der Waals surface area contributed by atoms with Gasteiger partial charge >= 0.3 is 0 Å². The van der Waals surface area contributed by atoms with Crippen molar-refractivity contribution >= 4 is 0 Å². The zero-order chi connectivity index (χ0) is 9.52. The summed E-state index contributed by atoms with van der Waals surface area (Å²) < 4.78 is 5.51. The molecule has 0 aliphatic heterocycles. The molecule has 0 amide bonds. The van der Waals surface area contributed by atoms with Gasteiger partial charge in [0, 0.05) is 13.0 Å². The van der Waals surface area contributed by atoms with Crippen molar-refractivity contribution in [2.45, 2.75) is 39.0 Å². The van der Waals surface area contributed by atoms with E-state index in [-0.39, 0.29) is 0 Å². The Bertz CT molecular complexity index is 160. The van der Waals surface area contributed by atoms with E-state index >= 15 is 0 Å². The van der Waals surface area contributed by atoms with Crippen molar-refractivity contribution in [3.63, 3.8) is 0 Å². The lowest BCUT2D eigenvalue weighted by Crippen LogP contribution is -2.17. The van der Waals surface area contributed by atoms with E-state index in [1.54, 1.807) is 0 Å². The van der Waals surface area contributed by atoms with Gasteiger partial charge in [-0.1, -0.05) is 19.8 Å². The molecule has 1 heteroatoms. The van der Waals surface area contributed by atoms with Crippen LogP contribution in [0.25, 0.3) is 0 Å². The number of hydrogen-bond donors (Lipinski definition) is 0. The molecule has 0 spiro atoms. The van der Waals surface area contributed by atoms with Gasteiger partial charge in [0.15, 0.2) is 0 Å². The average molecular weight is 180 g/mol. The molecule has 0 heterocycles. The van der Waals surface area contributed by atoms with Crippen LogP contribution in [-0.2, 0) is 4.74 Å². The topological polar surface area (TPSA) is 9.23 Å². The smallest absolute Gasteiger partial charge is 0.0575 e. The van der Waals surface area contributed by atoms with Gasteiger partial charge in [0.2, 0.25) is 0 Å². The molecule has 1 saturated carbocycles. The molecule has 13 heavy (non-hydrogen) atoms. The first kappa shape index (κ1) is 10.6. The van der Waals surface area contributed by atoms with Crippen molar-refractivity contribution in [3.8, 4) is 12.3 Å². The van der Waals surface area contributed by atoms with Crippen LogP contribution in [0.1, 0.15) is 39.0 Å². The molecule has 0 bridgehead atoms. The van der Waals surface area contributed by atoms with Gasteiger partial charge in [-0.3, -0.25) is 0 Å². The minimum absolute atomic E-state index is 0.739. The summed E-state index contributed by atoms with van der Waals surface area (Å²) in [5.41, 5.74) is 0. The van der Waals surface area contributed by atoms with E-state index in [2.05, 4.69) is 12.8 Å². The summed E-state index contributed by atoms with van der Waals surface area (Å²) in [6, 6.07) is 0. The lowest BCUT2D eigenvalue weighted by atomic mass is 9.83. The van der Waals surface area contributed by atoms with Crippen LogP contribution in [0.2, 0.25) is 0 Å². The highest BCUT2D eigenvalue weighted by Crippen LogP contribution is 2.28. The lowest BCUT2D eigenvalue weighted by Gasteiger charge is -2.25. The van der Waals surface area contributed by atoms with Crippen LogP contribution in [-0.4, -0.2) is 13.2 Å². The standard InChI is InChI=1S/C12H20O/c1-3-4-9-13-10-12-7-5-11(2)6-8-12/h1,11-12H,4-10H2,2H3. The summed E-state index contributed by atoms with van der Waals surface area (Å²) in [5, 5.41) is 0. The van der Waals surface area contributed by atoms with Crippen molar-refractivity contribution in [2.24, 2.45) is 11.8 Å². The fourth-order valence-corrected chi connectivity index (χ4v) is 1.88. The summed E-state index contributed by atoms with van der Waals surface area (Å²) in [6.07, 6.45) is 11.3. The molecule has 0 aromatic rings. The summed E-state index contributed by atoms with van der Waals surface area (Å²) >= 11 is 0. The molecule has 0 radical (unpaired) electrons. The van der Waals surface area contributed by atoms with E-state index in [1.165, 1.54) is 25.7 Å². The lowest BCUT2D eigenvalue weighted by molar-refractivity contribution is 0.0830. The van der Waals surface area contributed by atoms with Crippen molar-refractivity contribution < 1.29 is 4.74 Å². The summed E-state index contributed by atoms with van der Waals surface area (Å²) in [4.78, 5) is 0. The Labute approximate surface area is 81.9 Å². The second-order valence-electron chi connectivity index (χ2n) is 4.15. The molecule has 0 N–H and O–H groups in total. The fraction of sp³-hybridized carbons (Fsp3) is 0.833.